The molecule has 0 radical (unpaired) electrons. The van der Waals surface area contributed by atoms with Gasteiger partial charge in [-0.05, 0) is 13.0 Å². The molecule has 0 fully saturated rings. The van der Waals surface area contributed by atoms with Crippen LogP contribution in [0.5, 0.6) is 0 Å². The van der Waals surface area contributed by atoms with Crippen LogP contribution >= 0.6 is 0 Å². The van der Waals surface area contributed by atoms with Crippen molar-refractivity contribution in [2.45, 2.75) is 25.7 Å². The molecule has 4 nitrogen and oxygen atoms in total. The lowest BCUT2D eigenvalue weighted by molar-refractivity contribution is -0.144. The summed E-state index contributed by atoms with van der Waals surface area (Å²) in [6, 6.07) is 3.15. The molecule has 7 heteroatoms. The summed E-state index contributed by atoms with van der Waals surface area (Å²) >= 11 is 0. The van der Waals surface area contributed by atoms with Crippen molar-refractivity contribution in [1.82, 2.24) is 9.88 Å². The van der Waals surface area contributed by atoms with Crippen LogP contribution in [0.4, 0.5) is 13.2 Å². The molecule has 1 aromatic heterocycles. The Labute approximate surface area is 109 Å². The number of ether oxygens (including phenoxy) is 1. The lowest BCUT2D eigenvalue weighted by Crippen LogP contribution is -2.36. The first-order chi connectivity index (χ1) is 8.86. The fourth-order valence-electron chi connectivity index (χ4n) is 1.73. The highest BCUT2D eigenvalue weighted by atomic mass is 19.4. The van der Waals surface area contributed by atoms with Crippen molar-refractivity contribution in [3.05, 3.63) is 34.2 Å². The summed E-state index contributed by atoms with van der Waals surface area (Å²) in [4.78, 5) is 11.5. The number of hydrogen-bond donors (Lipinski definition) is 1. The van der Waals surface area contributed by atoms with E-state index in [0.717, 1.165) is 22.8 Å². The van der Waals surface area contributed by atoms with Crippen LogP contribution in [-0.4, -0.2) is 30.9 Å². The molecule has 0 aliphatic rings. The average Bonchev–Trinajstić information content (AvgIpc) is 2.30. The van der Waals surface area contributed by atoms with Crippen LogP contribution in [0.1, 0.15) is 12.6 Å². The third-order valence-corrected chi connectivity index (χ3v) is 2.59. The first-order valence-corrected chi connectivity index (χ1v) is 5.85. The highest BCUT2D eigenvalue weighted by molar-refractivity contribution is 5.10. The molecule has 0 amide bonds. The summed E-state index contributed by atoms with van der Waals surface area (Å²) in [6.45, 7) is 2.53. The normalized spacial score (nSPS) is 13.5. The minimum absolute atomic E-state index is 0.0127. The van der Waals surface area contributed by atoms with Crippen LogP contribution in [0, 0.1) is 0 Å². The first kappa shape index (κ1) is 15.7. The Bertz CT molecular complexity index is 457. The Hall–Kier alpha value is -1.34. The summed E-state index contributed by atoms with van der Waals surface area (Å²) in [5.41, 5.74) is -1.59. The SMILES string of the molecule is COCC(C)NCCn1c(C(F)(F)F)cccc1=O. The van der Waals surface area contributed by atoms with Gasteiger partial charge in [0.2, 0.25) is 0 Å². The molecule has 0 saturated heterocycles. The van der Waals surface area contributed by atoms with Gasteiger partial charge in [0.15, 0.2) is 0 Å². The number of methoxy groups -OCH3 is 1. The van der Waals surface area contributed by atoms with Gasteiger partial charge in [-0.3, -0.25) is 4.79 Å². The summed E-state index contributed by atoms with van der Waals surface area (Å²) in [6.07, 6.45) is -4.53. The topological polar surface area (TPSA) is 43.3 Å². The zero-order valence-electron chi connectivity index (χ0n) is 10.8. The summed E-state index contributed by atoms with van der Waals surface area (Å²) in [7, 11) is 1.54. The Balaban J connectivity index is 2.75. The third-order valence-electron chi connectivity index (χ3n) is 2.59. The standard InChI is InChI=1S/C12H17F3N2O2/c1-9(8-19-2)16-6-7-17-10(12(13,14)15)4-3-5-11(17)18/h3-5,9,16H,6-8H2,1-2H3. The second-order valence-electron chi connectivity index (χ2n) is 4.21. The number of nitrogens with one attached hydrogen (secondary N) is 1. The molecular weight excluding hydrogens is 261 g/mol. The van der Waals surface area contributed by atoms with Crippen LogP contribution in [0.3, 0.4) is 0 Å². The van der Waals surface area contributed by atoms with Crippen molar-refractivity contribution < 1.29 is 17.9 Å². The highest BCUT2D eigenvalue weighted by Crippen LogP contribution is 2.27. The van der Waals surface area contributed by atoms with Crippen molar-refractivity contribution in [2.24, 2.45) is 0 Å². The summed E-state index contributed by atoms with van der Waals surface area (Å²) < 4.78 is 43.8. The van der Waals surface area contributed by atoms with Gasteiger partial charge in [-0.2, -0.15) is 13.2 Å². The number of alkyl halides is 3. The average molecular weight is 278 g/mol. The van der Waals surface area contributed by atoms with Gasteiger partial charge in [0.1, 0.15) is 5.69 Å². The minimum atomic E-state index is -4.53. The molecule has 0 aliphatic heterocycles. The largest absolute Gasteiger partial charge is 0.431 e. The lowest BCUT2D eigenvalue weighted by atomic mass is 10.3. The fraction of sp³-hybridized carbons (Fsp3) is 0.583. The predicted octanol–water partition coefficient (Wildman–Crippen LogP) is 1.49. The molecule has 0 bridgehead atoms. The second kappa shape index (κ2) is 6.72. The van der Waals surface area contributed by atoms with E-state index in [9.17, 15) is 18.0 Å². The zero-order chi connectivity index (χ0) is 14.5. The molecule has 1 N–H and O–H groups in total. The predicted molar refractivity (Wildman–Crippen MR) is 65.0 cm³/mol. The van der Waals surface area contributed by atoms with E-state index in [1.807, 2.05) is 6.92 Å². The van der Waals surface area contributed by atoms with Gasteiger partial charge >= 0.3 is 6.18 Å². The van der Waals surface area contributed by atoms with E-state index >= 15 is 0 Å². The molecule has 0 aromatic carbocycles. The number of hydrogen-bond acceptors (Lipinski definition) is 3. The smallest absolute Gasteiger partial charge is 0.383 e. The third kappa shape index (κ3) is 4.68. The lowest BCUT2D eigenvalue weighted by Gasteiger charge is -2.17. The van der Waals surface area contributed by atoms with E-state index in [4.69, 9.17) is 4.74 Å². The van der Waals surface area contributed by atoms with Gasteiger partial charge in [-0.1, -0.05) is 6.07 Å². The van der Waals surface area contributed by atoms with Crippen LogP contribution in [0.2, 0.25) is 0 Å². The Morgan fingerprint density at radius 1 is 1.42 bits per heavy atom. The van der Waals surface area contributed by atoms with Gasteiger partial charge in [-0.25, -0.2) is 0 Å². The van der Waals surface area contributed by atoms with Gasteiger partial charge in [0.25, 0.3) is 5.56 Å². The number of aromatic nitrogens is 1. The molecule has 0 spiro atoms. The van der Waals surface area contributed by atoms with E-state index < -0.39 is 17.4 Å². The van der Waals surface area contributed by atoms with Crippen LogP contribution in [0.15, 0.2) is 23.0 Å². The number of rotatable bonds is 6. The molecule has 0 saturated carbocycles. The van der Waals surface area contributed by atoms with Crippen molar-refractivity contribution >= 4 is 0 Å². The number of halogens is 3. The number of nitrogens with zero attached hydrogens (tertiary/aromatic N) is 1. The zero-order valence-corrected chi connectivity index (χ0v) is 10.8. The van der Waals surface area contributed by atoms with Crippen LogP contribution < -0.4 is 10.9 Å². The van der Waals surface area contributed by atoms with Gasteiger partial charge in [0.05, 0.1) is 6.61 Å². The van der Waals surface area contributed by atoms with E-state index in [1.54, 1.807) is 7.11 Å². The van der Waals surface area contributed by atoms with Crippen molar-refractivity contribution in [3.63, 3.8) is 0 Å². The van der Waals surface area contributed by atoms with Crippen molar-refractivity contribution in [1.29, 1.82) is 0 Å². The Morgan fingerprint density at radius 2 is 2.11 bits per heavy atom. The highest BCUT2D eigenvalue weighted by Gasteiger charge is 2.33. The molecule has 1 rings (SSSR count). The molecule has 1 heterocycles. The molecule has 0 aliphatic carbocycles. The quantitative estimate of drug-likeness (QED) is 0.857. The number of pyridine rings is 1. The monoisotopic (exact) mass is 278 g/mol. The first-order valence-electron chi connectivity index (χ1n) is 5.85. The second-order valence-corrected chi connectivity index (χ2v) is 4.21. The van der Waals surface area contributed by atoms with Gasteiger partial charge in [0, 0.05) is 32.3 Å². The van der Waals surface area contributed by atoms with Crippen LogP contribution in [0.25, 0.3) is 0 Å². The minimum Gasteiger partial charge on any atom is -0.383 e. The molecule has 19 heavy (non-hydrogen) atoms. The molecule has 1 aromatic rings. The summed E-state index contributed by atoms with van der Waals surface area (Å²) in [5.74, 6) is 0. The fourth-order valence-corrected chi connectivity index (χ4v) is 1.73. The van der Waals surface area contributed by atoms with Gasteiger partial charge < -0.3 is 14.6 Å². The summed E-state index contributed by atoms with van der Waals surface area (Å²) in [5, 5.41) is 2.99. The molecular formula is C12H17F3N2O2. The Kier molecular flexibility index (Phi) is 5.56. The maximum absolute atomic E-state index is 12.7. The van der Waals surface area contributed by atoms with E-state index in [1.165, 1.54) is 0 Å². The van der Waals surface area contributed by atoms with E-state index in [0.29, 0.717) is 6.61 Å². The Morgan fingerprint density at radius 3 is 2.68 bits per heavy atom. The molecule has 1 atom stereocenters. The molecule has 1 unspecified atom stereocenters. The maximum atomic E-state index is 12.7. The van der Waals surface area contributed by atoms with Crippen LogP contribution in [-0.2, 0) is 17.5 Å². The van der Waals surface area contributed by atoms with E-state index in [2.05, 4.69) is 5.32 Å². The van der Waals surface area contributed by atoms with Crippen molar-refractivity contribution in [3.8, 4) is 0 Å². The van der Waals surface area contributed by atoms with E-state index in [-0.39, 0.29) is 19.1 Å². The van der Waals surface area contributed by atoms with Gasteiger partial charge in [-0.15, -0.1) is 0 Å². The molecule has 108 valence electrons. The maximum Gasteiger partial charge on any atom is 0.431 e. The van der Waals surface area contributed by atoms with Crippen molar-refractivity contribution in [2.75, 3.05) is 20.3 Å².